The SMILES string of the molecule is CC(C)(C)c1ccc([S+]2CCOCC2)cc1.CC(F)(F)C(=O)OC12CC3CC(C1)C1(OCC(COC(=O)C45CC6CC(C4)C(=O)C(C6)C5)(COC(=O)C45CC6CC(C4)C(=O)C(C6)C5)CO1)C(C3)C2.CC(F)(F)C(=O)OC12CC3CC(C1)C1(OCC(COC(=O)C45CC6CC(CC(C6)C4)C5)(COC(=O)C45CC6CC(CC(C6)C4)C5)CO1)C(C3)C2.c1ccc([S+](c2ccccc2)c2ccccc2)cc1. The summed E-state index contributed by atoms with van der Waals surface area (Å²) in [5.41, 5.74) is -4.17. The summed E-state index contributed by atoms with van der Waals surface area (Å²) < 4.78 is 125. The Kier molecular flexibility index (Phi) is 24.7. The standard InChI is InChI=1S/C40H50F2O10.C40H54F2O8.C18H15S.C14H21OS/c1-35(41,42)32(45)52-39-10-23-6-28(15-39)40(29(7-23)16-39)50-19-36(20-51-40,17-48-33(46)37-8-21-2-24(11-37)30(43)25(3-21)12-37)18-49-34(47)38-9-22-4-26(13-38)31(44)27(5-22)14-38;1-35(41,42)32(43)50-39-16-29-8-30(17-39)40(31(9-29)18-39)48-21-36(22-49-40,19-46-33(44)37-10-23-2-24(11-37)4-25(3-23)12-37)20-47-34(45)38-13-26-5-27(14-38)7-28(6-26)15-38;1-4-10-16(11-5-1)19(17-12-6-2-7-13-17)18-14-8-3-9-15-18;1-14(2,3)12-4-6-13(7-5-12)16-10-8-15-9-11-16/h21-29H,2-20H2,1H3;23-31H,2-22H2,1H3;1-15H;4-7H,8-11H2,1-3H3/q;;2*+1. The quantitative estimate of drug-likeness (QED) is 0.0346. The monoisotopic (exact) mass is 1930 g/mol. The van der Waals surface area contributed by atoms with Crippen molar-refractivity contribution in [2.45, 2.75) is 300 Å². The molecule has 0 N–H and O–H groups in total. The second kappa shape index (κ2) is 35.6. The molecule has 137 heavy (non-hydrogen) atoms. The van der Waals surface area contributed by atoms with E-state index in [-0.39, 0.29) is 152 Å². The van der Waals surface area contributed by atoms with Crippen molar-refractivity contribution in [3.05, 3.63) is 121 Å². The zero-order valence-electron chi connectivity index (χ0n) is 80.6. The number of carbonyl (C=O) groups excluding carboxylic acids is 8. The highest BCUT2D eigenvalue weighted by atomic mass is 32.2. The number of halogens is 4. The van der Waals surface area contributed by atoms with Gasteiger partial charge in [0.25, 0.3) is 0 Å². The average molecular weight is 1930 g/mol. The molecule has 24 bridgehead atoms. The van der Waals surface area contributed by atoms with Crippen LogP contribution < -0.4 is 0 Å². The van der Waals surface area contributed by atoms with E-state index >= 15 is 0 Å². The van der Waals surface area contributed by atoms with E-state index in [2.05, 4.69) is 136 Å². The van der Waals surface area contributed by atoms with Crippen LogP contribution in [0.3, 0.4) is 0 Å². The fraction of sp³-hybridized carbons (Fsp3) is 0.714. The smallest absolute Gasteiger partial charge is 0.377 e. The average Bonchev–Trinajstić information content (AvgIpc) is 0.700. The van der Waals surface area contributed by atoms with Crippen molar-refractivity contribution in [1.82, 2.24) is 0 Å². The molecule has 0 amide bonds. The lowest BCUT2D eigenvalue weighted by Gasteiger charge is -2.65. The van der Waals surface area contributed by atoms with Crippen LogP contribution in [-0.4, -0.2) is 160 Å². The van der Waals surface area contributed by atoms with Crippen molar-refractivity contribution in [3.8, 4) is 0 Å². The Morgan fingerprint density at radius 2 is 0.620 bits per heavy atom. The zero-order chi connectivity index (χ0) is 94.9. The van der Waals surface area contributed by atoms with E-state index in [9.17, 15) is 55.9 Å². The number of alkyl halides is 4. The molecule has 740 valence electrons. The Balaban J connectivity index is 0.000000118. The normalized spacial score (nSPS) is 41.8. The summed E-state index contributed by atoms with van der Waals surface area (Å²) in [6.07, 6.45) is 25.9. The lowest BCUT2D eigenvalue weighted by Crippen LogP contribution is -2.69. The Bertz CT molecular complexity index is 4830. The predicted molar refractivity (Wildman–Crippen MR) is 500 cm³/mol. The molecular formula is C112H140F4O19S2+2. The van der Waals surface area contributed by atoms with Gasteiger partial charge in [0.2, 0.25) is 0 Å². The molecule has 3 aliphatic heterocycles. The Morgan fingerprint density at radius 3 is 0.898 bits per heavy atom. The zero-order valence-corrected chi connectivity index (χ0v) is 82.2. The van der Waals surface area contributed by atoms with Gasteiger partial charge in [0, 0.05) is 72.1 Å². The van der Waals surface area contributed by atoms with Gasteiger partial charge in [-0.25, -0.2) is 9.59 Å². The number of esters is 6. The third-order valence-electron chi connectivity index (χ3n) is 38.1. The lowest BCUT2D eigenvalue weighted by atomic mass is 9.49. The fourth-order valence-electron chi connectivity index (χ4n) is 33.3. The molecule has 0 radical (unpaired) electrons. The van der Waals surface area contributed by atoms with E-state index in [1.807, 2.05) is 0 Å². The number of hydrogen-bond donors (Lipinski definition) is 0. The molecule has 4 aromatic carbocycles. The van der Waals surface area contributed by atoms with Crippen LogP contribution in [0, 0.1) is 139 Å². The summed E-state index contributed by atoms with van der Waals surface area (Å²) in [4.78, 5) is 112. The Morgan fingerprint density at radius 1 is 0.350 bits per heavy atom. The van der Waals surface area contributed by atoms with E-state index in [4.69, 9.17) is 52.1 Å². The van der Waals surface area contributed by atoms with Gasteiger partial charge in [0.15, 0.2) is 31.2 Å². The second-order valence-corrected chi connectivity index (χ2v) is 53.8. The van der Waals surface area contributed by atoms with E-state index in [0.717, 1.165) is 116 Å². The second-order valence-electron chi connectivity index (χ2n) is 49.5. The first-order valence-corrected chi connectivity index (χ1v) is 55.0. The predicted octanol–water partition coefficient (Wildman–Crippen LogP) is 20.2. The van der Waals surface area contributed by atoms with Crippen LogP contribution in [0.4, 0.5) is 17.6 Å². The third-order valence-corrected chi connectivity index (χ3v) is 42.6. The van der Waals surface area contributed by atoms with Crippen molar-refractivity contribution in [2.24, 2.45) is 139 Å². The number of benzene rings is 4. The number of ether oxygens (including phenoxy) is 11. The first-order chi connectivity index (χ1) is 65.4. The topological polar surface area (TPSA) is 238 Å². The van der Waals surface area contributed by atoms with Crippen LogP contribution in [0.2, 0.25) is 0 Å². The van der Waals surface area contributed by atoms with E-state index < -0.39 is 79.0 Å². The van der Waals surface area contributed by atoms with Crippen LogP contribution >= 0.6 is 0 Å². The molecule has 27 aliphatic rings. The largest absolute Gasteiger partial charge is 0.464 e. The van der Waals surface area contributed by atoms with Crippen LogP contribution in [0.15, 0.2) is 135 Å². The minimum absolute atomic E-state index is 0.0146. The molecule has 8 unspecified atom stereocenters. The minimum atomic E-state index is -3.58. The van der Waals surface area contributed by atoms with Crippen LogP contribution in [0.5, 0.6) is 0 Å². The number of ketones is 2. The maximum atomic E-state index is 14.0. The molecule has 24 saturated carbocycles. The maximum Gasteiger partial charge on any atom is 0.377 e. The van der Waals surface area contributed by atoms with Gasteiger partial charge in [-0.1, -0.05) is 87.5 Å². The molecule has 3 heterocycles. The van der Waals surface area contributed by atoms with Gasteiger partial charge in [-0.2, -0.15) is 17.6 Å². The molecule has 3 saturated heterocycles. The highest BCUT2D eigenvalue weighted by Crippen LogP contribution is 2.69. The molecule has 31 rings (SSSR count). The summed E-state index contributed by atoms with van der Waals surface area (Å²) in [5, 5.41) is 0. The molecule has 25 heteroatoms. The van der Waals surface area contributed by atoms with Gasteiger partial charge in [-0.15, -0.1) is 0 Å². The summed E-state index contributed by atoms with van der Waals surface area (Å²) in [6, 6.07) is 41.4. The van der Waals surface area contributed by atoms with Crippen LogP contribution in [0.25, 0.3) is 0 Å². The lowest BCUT2D eigenvalue weighted by molar-refractivity contribution is -0.397. The molecular weight excluding hydrogens is 1790 g/mol. The van der Waals surface area contributed by atoms with E-state index in [1.54, 1.807) is 0 Å². The van der Waals surface area contributed by atoms with Crippen molar-refractivity contribution >= 4 is 69.2 Å². The molecule has 4 aromatic rings. The summed E-state index contributed by atoms with van der Waals surface area (Å²) in [7, 11) is 0.417. The van der Waals surface area contributed by atoms with E-state index in [0.29, 0.717) is 148 Å². The van der Waals surface area contributed by atoms with Gasteiger partial charge in [0.1, 0.15) is 60.7 Å². The summed E-state index contributed by atoms with van der Waals surface area (Å²) >= 11 is 0. The van der Waals surface area contributed by atoms with Crippen molar-refractivity contribution in [2.75, 3.05) is 77.6 Å². The van der Waals surface area contributed by atoms with Crippen molar-refractivity contribution in [3.63, 3.8) is 0 Å². The highest BCUT2D eigenvalue weighted by molar-refractivity contribution is 7.97. The minimum Gasteiger partial charge on any atom is -0.464 e. The van der Waals surface area contributed by atoms with Crippen LogP contribution in [-0.2, 0) is 118 Å². The molecule has 0 aromatic heterocycles. The van der Waals surface area contributed by atoms with Crippen LogP contribution in [0.1, 0.15) is 246 Å². The Labute approximate surface area is 809 Å². The van der Waals surface area contributed by atoms with Crippen molar-refractivity contribution < 1.29 is 108 Å². The van der Waals surface area contributed by atoms with Gasteiger partial charge >= 0.3 is 47.7 Å². The molecule has 27 fully saturated rings. The summed E-state index contributed by atoms with van der Waals surface area (Å²) in [5.74, 6) is -5.76. The van der Waals surface area contributed by atoms with Gasteiger partial charge in [0.05, 0.1) is 83.0 Å². The third kappa shape index (κ3) is 18.0. The van der Waals surface area contributed by atoms with Gasteiger partial charge in [-0.3, -0.25) is 28.8 Å². The number of carbonyl (C=O) groups is 8. The maximum absolute atomic E-state index is 14.0. The molecule has 24 aliphatic carbocycles. The number of hydrogen-bond acceptors (Lipinski definition) is 19. The van der Waals surface area contributed by atoms with Gasteiger partial charge in [-0.05, 0) is 324 Å². The first-order valence-electron chi connectivity index (χ1n) is 52.2. The first kappa shape index (κ1) is 95.1. The molecule has 8 atom stereocenters. The highest BCUT2D eigenvalue weighted by Gasteiger charge is 2.72. The summed E-state index contributed by atoms with van der Waals surface area (Å²) in [6.45, 7) is 10.4. The Hall–Kier alpha value is -6.74. The fourth-order valence-corrected chi connectivity index (χ4v) is 37.2. The van der Waals surface area contributed by atoms with E-state index in [1.165, 1.54) is 75.2 Å². The molecule has 19 nitrogen and oxygen atoms in total. The number of Topliss-reactive ketones (excluding diaryl/α,β-unsaturated/α-hetero) is 2. The van der Waals surface area contributed by atoms with Gasteiger partial charge < -0.3 is 52.1 Å². The van der Waals surface area contributed by atoms with Crippen molar-refractivity contribution in [1.29, 1.82) is 0 Å². The number of rotatable bonds is 20. The molecule has 2 spiro atoms.